The van der Waals surface area contributed by atoms with E-state index in [1.807, 2.05) is 0 Å². The molecular weight excluding hydrogens is 230 g/mol. The first-order valence-electron chi connectivity index (χ1n) is 7.29. The molecule has 1 heterocycles. The van der Waals surface area contributed by atoms with Gasteiger partial charge in [-0.25, -0.2) is 0 Å². The highest BCUT2D eigenvalue weighted by atomic mass is 16.5. The van der Waals surface area contributed by atoms with E-state index in [0.29, 0.717) is 12.5 Å². The predicted octanol–water partition coefficient (Wildman–Crippen LogP) is 1.47. The van der Waals surface area contributed by atoms with Crippen LogP contribution in [-0.2, 0) is 9.53 Å². The van der Waals surface area contributed by atoms with Gasteiger partial charge in [-0.05, 0) is 50.9 Å². The van der Waals surface area contributed by atoms with Crippen molar-refractivity contribution in [3.05, 3.63) is 0 Å². The molecule has 1 atom stereocenters. The van der Waals surface area contributed by atoms with Crippen LogP contribution in [0.15, 0.2) is 0 Å². The van der Waals surface area contributed by atoms with E-state index in [1.165, 1.54) is 0 Å². The zero-order valence-corrected chi connectivity index (χ0v) is 11.1. The second-order valence-electron chi connectivity index (χ2n) is 5.61. The first-order valence-corrected chi connectivity index (χ1v) is 7.29. The molecule has 104 valence electrons. The fraction of sp³-hybridized carbons (Fsp3) is 0.929. The van der Waals surface area contributed by atoms with Gasteiger partial charge in [-0.3, -0.25) is 4.79 Å². The third kappa shape index (κ3) is 3.95. The zero-order valence-electron chi connectivity index (χ0n) is 11.1. The molecule has 0 radical (unpaired) electrons. The van der Waals surface area contributed by atoms with Crippen LogP contribution in [0.2, 0.25) is 0 Å². The second-order valence-corrected chi connectivity index (χ2v) is 5.61. The van der Waals surface area contributed by atoms with E-state index < -0.39 is 0 Å². The highest BCUT2D eigenvalue weighted by Gasteiger charge is 2.26. The normalized spacial score (nSPS) is 32.4. The average Bonchev–Trinajstić information content (AvgIpc) is 2.90. The fourth-order valence-corrected chi connectivity index (χ4v) is 3.06. The highest BCUT2D eigenvalue weighted by molar-refractivity contribution is 5.78. The highest BCUT2D eigenvalue weighted by Crippen LogP contribution is 2.30. The van der Waals surface area contributed by atoms with E-state index >= 15 is 0 Å². The number of hydrogen-bond acceptors (Lipinski definition) is 3. The summed E-state index contributed by atoms with van der Waals surface area (Å²) in [7, 11) is 0. The molecule has 0 aromatic carbocycles. The second kappa shape index (κ2) is 7.10. The smallest absolute Gasteiger partial charge is 0.223 e. The number of carbonyl (C=O) groups is 1. The molecule has 0 aromatic rings. The molecule has 1 amide bonds. The lowest BCUT2D eigenvalue weighted by atomic mass is 9.80. The van der Waals surface area contributed by atoms with Gasteiger partial charge in [0, 0.05) is 25.7 Å². The number of amides is 1. The van der Waals surface area contributed by atoms with E-state index in [4.69, 9.17) is 9.84 Å². The molecule has 1 saturated carbocycles. The number of rotatable bonds is 5. The third-order valence-corrected chi connectivity index (χ3v) is 4.28. The van der Waals surface area contributed by atoms with Gasteiger partial charge >= 0.3 is 0 Å². The minimum Gasteiger partial charge on any atom is -0.396 e. The predicted molar refractivity (Wildman–Crippen MR) is 69.1 cm³/mol. The van der Waals surface area contributed by atoms with Gasteiger partial charge in [-0.2, -0.15) is 0 Å². The molecule has 2 rings (SSSR count). The molecule has 0 spiro atoms. The summed E-state index contributed by atoms with van der Waals surface area (Å²) < 4.78 is 5.50. The van der Waals surface area contributed by atoms with E-state index in [9.17, 15) is 4.79 Å². The van der Waals surface area contributed by atoms with Gasteiger partial charge in [-0.1, -0.05) is 0 Å². The topological polar surface area (TPSA) is 58.6 Å². The van der Waals surface area contributed by atoms with Crippen molar-refractivity contribution in [2.75, 3.05) is 19.8 Å². The Labute approximate surface area is 109 Å². The molecule has 1 aliphatic heterocycles. The van der Waals surface area contributed by atoms with Crippen LogP contribution < -0.4 is 5.32 Å². The Balaban J connectivity index is 1.64. The first-order chi connectivity index (χ1) is 8.79. The summed E-state index contributed by atoms with van der Waals surface area (Å²) in [4.78, 5) is 12.0. The number of aliphatic hydroxyl groups excluding tert-OH is 1. The maximum atomic E-state index is 12.0. The molecule has 1 aliphatic carbocycles. The summed E-state index contributed by atoms with van der Waals surface area (Å²) in [5.41, 5.74) is 0. The van der Waals surface area contributed by atoms with Gasteiger partial charge in [0.25, 0.3) is 0 Å². The number of ether oxygens (including phenoxy) is 1. The molecule has 2 aliphatic rings. The Bertz CT molecular complexity index is 256. The summed E-state index contributed by atoms with van der Waals surface area (Å²) in [5, 5.41) is 11.9. The molecule has 1 unspecified atom stereocenters. The summed E-state index contributed by atoms with van der Waals surface area (Å²) in [6.07, 6.45) is 7.43. The molecule has 4 heteroatoms. The summed E-state index contributed by atoms with van der Waals surface area (Å²) in [6, 6.07) is 0. The van der Waals surface area contributed by atoms with E-state index in [-0.39, 0.29) is 24.5 Å². The number of hydrogen-bond donors (Lipinski definition) is 2. The van der Waals surface area contributed by atoms with Crippen LogP contribution in [0.4, 0.5) is 0 Å². The van der Waals surface area contributed by atoms with Gasteiger partial charge < -0.3 is 15.2 Å². The summed E-state index contributed by atoms with van der Waals surface area (Å²) >= 11 is 0. The molecular formula is C14H25NO3. The number of aliphatic hydroxyl groups is 1. The van der Waals surface area contributed by atoms with Crippen molar-refractivity contribution >= 4 is 5.91 Å². The maximum absolute atomic E-state index is 12.0. The Kier molecular flexibility index (Phi) is 5.45. The van der Waals surface area contributed by atoms with Gasteiger partial charge in [0.2, 0.25) is 5.91 Å². The molecule has 2 N–H and O–H groups in total. The monoisotopic (exact) mass is 255 g/mol. The Morgan fingerprint density at radius 1 is 1.22 bits per heavy atom. The summed E-state index contributed by atoms with van der Waals surface area (Å²) in [6.45, 7) is 1.79. The standard InChI is InChI=1S/C14H25NO3/c16-8-7-11-3-5-12(6-4-11)14(17)15-10-13-2-1-9-18-13/h11-13,16H,1-10H2,(H,15,17). The number of nitrogens with one attached hydrogen (secondary N) is 1. The van der Waals surface area contributed by atoms with E-state index in [1.54, 1.807) is 0 Å². The van der Waals surface area contributed by atoms with Crippen LogP contribution in [0, 0.1) is 11.8 Å². The average molecular weight is 255 g/mol. The molecule has 2 fully saturated rings. The van der Waals surface area contributed by atoms with Crippen LogP contribution in [0.1, 0.15) is 44.9 Å². The fourth-order valence-electron chi connectivity index (χ4n) is 3.06. The minimum absolute atomic E-state index is 0.182. The molecule has 18 heavy (non-hydrogen) atoms. The molecule has 0 aromatic heterocycles. The van der Waals surface area contributed by atoms with Crippen molar-refractivity contribution in [1.82, 2.24) is 5.32 Å². The maximum Gasteiger partial charge on any atom is 0.223 e. The minimum atomic E-state index is 0.182. The lowest BCUT2D eigenvalue weighted by Crippen LogP contribution is -2.37. The van der Waals surface area contributed by atoms with E-state index in [0.717, 1.165) is 51.6 Å². The lowest BCUT2D eigenvalue weighted by molar-refractivity contribution is -0.126. The van der Waals surface area contributed by atoms with Gasteiger partial charge in [0.05, 0.1) is 6.10 Å². The molecule has 0 bridgehead atoms. The van der Waals surface area contributed by atoms with Crippen LogP contribution >= 0.6 is 0 Å². The van der Waals surface area contributed by atoms with Crippen molar-refractivity contribution in [3.63, 3.8) is 0 Å². The summed E-state index contributed by atoms with van der Waals surface area (Å²) in [5.74, 6) is 1.01. The SMILES string of the molecule is O=C(NCC1CCCO1)C1CCC(CCO)CC1. The van der Waals surface area contributed by atoms with E-state index in [2.05, 4.69) is 5.32 Å². The largest absolute Gasteiger partial charge is 0.396 e. The van der Waals surface area contributed by atoms with Crippen molar-refractivity contribution in [1.29, 1.82) is 0 Å². The Hall–Kier alpha value is -0.610. The third-order valence-electron chi connectivity index (χ3n) is 4.28. The van der Waals surface area contributed by atoms with Crippen molar-refractivity contribution < 1.29 is 14.6 Å². The number of carbonyl (C=O) groups excluding carboxylic acids is 1. The van der Waals surface area contributed by atoms with Crippen LogP contribution in [-0.4, -0.2) is 36.9 Å². The van der Waals surface area contributed by atoms with Gasteiger partial charge in [0.15, 0.2) is 0 Å². The Morgan fingerprint density at radius 2 is 2.00 bits per heavy atom. The lowest BCUT2D eigenvalue weighted by Gasteiger charge is -2.27. The zero-order chi connectivity index (χ0) is 12.8. The van der Waals surface area contributed by atoms with Crippen molar-refractivity contribution in [3.8, 4) is 0 Å². The van der Waals surface area contributed by atoms with Gasteiger partial charge in [-0.15, -0.1) is 0 Å². The molecule has 1 saturated heterocycles. The first kappa shape index (κ1) is 13.8. The van der Waals surface area contributed by atoms with Crippen LogP contribution in [0.25, 0.3) is 0 Å². The van der Waals surface area contributed by atoms with Crippen LogP contribution in [0.5, 0.6) is 0 Å². The van der Waals surface area contributed by atoms with Crippen molar-refractivity contribution in [2.24, 2.45) is 11.8 Å². The Morgan fingerprint density at radius 3 is 2.61 bits per heavy atom. The molecule has 4 nitrogen and oxygen atoms in total. The van der Waals surface area contributed by atoms with Gasteiger partial charge in [0.1, 0.15) is 0 Å². The quantitative estimate of drug-likeness (QED) is 0.782. The van der Waals surface area contributed by atoms with Crippen molar-refractivity contribution in [2.45, 2.75) is 51.0 Å². The van der Waals surface area contributed by atoms with Crippen LogP contribution in [0.3, 0.4) is 0 Å².